The fourth-order valence-electron chi connectivity index (χ4n) is 4.53. The van der Waals surface area contributed by atoms with Crippen molar-refractivity contribution in [3.8, 4) is 5.69 Å². The van der Waals surface area contributed by atoms with Crippen molar-refractivity contribution in [2.75, 3.05) is 18.8 Å². The van der Waals surface area contributed by atoms with Gasteiger partial charge in [-0.15, -0.1) is 10.2 Å². The van der Waals surface area contributed by atoms with Crippen LogP contribution in [0.1, 0.15) is 68.6 Å². The molecule has 2 heterocycles. The molecule has 0 aliphatic carbocycles. The molecule has 6 nitrogen and oxygen atoms in total. The number of aromatic nitrogens is 3. The van der Waals surface area contributed by atoms with Crippen molar-refractivity contribution in [2.24, 2.45) is 0 Å². The van der Waals surface area contributed by atoms with Gasteiger partial charge in [-0.2, -0.15) is 0 Å². The highest BCUT2D eigenvalue weighted by Gasteiger charge is 2.26. The monoisotopic (exact) mass is 495 g/mol. The molecular formula is C27H34FN5OS. The molecule has 1 aliphatic rings. The summed E-state index contributed by atoms with van der Waals surface area (Å²) in [4.78, 5) is 15.3. The third kappa shape index (κ3) is 6.30. The average Bonchev–Trinajstić information content (AvgIpc) is 3.31. The smallest absolute Gasteiger partial charge is 0.230 e. The van der Waals surface area contributed by atoms with E-state index < -0.39 is 0 Å². The second kappa shape index (κ2) is 11.8. The third-order valence-corrected chi connectivity index (χ3v) is 7.54. The van der Waals surface area contributed by atoms with Gasteiger partial charge in [0.05, 0.1) is 17.8 Å². The van der Waals surface area contributed by atoms with Gasteiger partial charge in [0.1, 0.15) is 5.82 Å². The van der Waals surface area contributed by atoms with Crippen LogP contribution in [0.15, 0.2) is 53.7 Å². The first-order chi connectivity index (χ1) is 17.0. The number of hydrogen-bond donors (Lipinski definition) is 1. The van der Waals surface area contributed by atoms with Gasteiger partial charge < -0.3 is 5.32 Å². The van der Waals surface area contributed by atoms with Gasteiger partial charge in [-0.1, -0.05) is 54.9 Å². The van der Waals surface area contributed by atoms with E-state index in [-0.39, 0.29) is 29.6 Å². The van der Waals surface area contributed by atoms with E-state index in [4.69, 9.17) is 0 Å². The predicted octanol–water partition coefficient (Wildman–Crippen LogP) is 5.62. The Morgan fingerprint density at radius 2 is 1.74 bits per heavy atom. The molecule has 0 radical (unpaired) electrons. The van der Waals surface area contributed by atoms with Crippen LogP contribution < -0.4 is 5.32 Å². The molecule has 3 aromatic rings. The van der Waals surface area contributed by atoms with Crippen LogP contribution >= 0.6 is 11.8 Å². The van der Waals surface area contributed by atoms with Crippen LogP contribution in [0.2, 0.25) is 0 Å². The number of likely N-dealkylation sites (tertiary alicyclic amines) is 1. The summed E-state index contributed by atoms with van der Waals surface area (Å²) >= 11 is 1.35. The lowest BCUT2D eigenvalue weighted by Crippen LogP contribution is -2.33. The number of rotatable bonds is 9. The van der Waals surface area contributed by atoms with Crippen LogP contribution in [0, 0.1) is 12.7 Å². The Morgan fingerprint density at radius 1 is 1.06 bits per heavy atom. The van der Waals surface area contributed by atoms with E-state index in [1.54, 1.807) is 12.1 Å². The lowest BCUT2D eigenvalue weighted by atomic mass is 10.0. The van der Waals surface area contributed by atoms with Gasteiger partial charge in [-0.05, 0) is 76.0 Å². The van der Waals surface area contributed by atoms with E-state index in [0.717, 1.165) is 36.6 Å². The summed E-state index contributed by atoms with van der Waals surface area (Å²) in [6.07, 6.45) is 4.42. The number of thioether (sulfide) groups is 1. The van der Waals surface area contributed by atoms with Crippen LogP contribution in [0.4, 0.5) is 4.39 Å². The minimum absolute atomic E-state index is 0.0339. The summed E-state index contributed by atoms with van der Waals surface area (Å²) in [6.45, 7) is 8.32. The van der Waals surface area contributed by atoms with Gasteiger partial charge >= 0.3 is 0 Å². The molecule has 1 aromatic heterocycles. The fourth-order valence-corrected chi connectivity index (χ4v) is 5.30. The zero-order valence-corrected chi connectivity index (χ0v) is 21.5. The van der Waals surface area contributed by atoms with Crippen molar-refractivity contribution in [3.63, 3.8) is 0 Å². The van der Waals surface area contributed by atoms with Gasteiger partial charge in [-0.3, -0.25) is 14.3 Å². The van der Waals surface area contributed by atoms with Gasteiger partial charge in [0, 0.05) is 5.69 Å². The van der Waals surface area contributed by atoms with Crippen LogP contribution in [0.25, 0.3) is 5.69 Å². The summed E-state index contributed by atoms with van der Waals surface area (Å²) in [5.41, 5.74) is 3.09. The summed E-state index contributed by atoms with van der Waals surface area (Å²) < 4.78 is 15.6. The Hall–Kier alpha value is -2.71. The number of halogens is 1. The van der Waals surface area contributed by atoms with Crippen molar-refractivity contribution < 1.29 is 9.18 Å². The highest BCUT2D eigenvalue weighted by atomic mass is 32.2. The average molecular weight is 496 g/mol. The number of aryl methyl sites for hydroxylation is 1. The largest absolute Gasteiger partial charge is 0.349 e. The predicted molar refractivity (Wildman–Crippen MR) is 138 cm³/mol. The lowest BCUT2D eigenvalue weighted by Gasteiger charge is -2.31. The number of nitrogens with zero attached hydrogens (tertiary/aromatic N) is 4. The molecule has 2 aromatic carbocycles. The zero-order chi connectivity index (χ0) is 24.8. The molecule has 186 valence electrons. The standard InChI is InChI=1S/C27H34FN5OS/c1-4-24(21-10-8-19(2)9-11-21)29-25(34)18-35-27-31-30-26(20(3)32-16-6-5-7-17-32)33(27)23-14-12-22(28)13-15-23/h8-15,20,24H,4-7,16-18H2,1-3H3,(H,29,34)/t20-,24+/m0/s1. The number of piperidine rings is 1. The van der Waals surface area contributed by atoms with Crippen LogP contribution in [-0.4, -0.2) is 44.4 Å². The van der Waals surface area contributed by atoms with Crippen LogP contribution in [0.5, 0.6) is 0 Å². The molecule has 1 amide bonds. The Morgan fingerprint density at radius 3 is 2.40 bits per heavy atom. The maximum atomic E-state index is 13.6. The maximum absolute atomic E-state index is 13.6. The van der Waals surface area contributed by atoms with Crippen molar-refractivity contribution in [1.82, 2.24) is 25.0 Å². The van der Waals surface area contributed by atoms with Crippen molar-refractivity contribution in [2.45, 2.75) is 63.7 Å². The molecule has 2 atom stereocenters. The quantitative estimate of drug-likeness (QED) is 0.390. The van der Waals surface area contributed by atoms with E-state index in [9.17, 15) is 9.18 Å². The Balaban J connectivity index is 1.51. The van der Waals surface area contributed by atoms with Crippen molar-refractivity contribution >= 4 is 17.7 Å². The summed E-state index contributed by atoms with van der Waals surface area (Å²) in [7, 11) is 0. The van der Waals surface area contributed by atoms with Gasteiger partial charge in [0.2, 0.25) is 5.91 Å². The molecule has 1 aliphatic heterocycles. The minimum atomic E-state index is -0.289. The van der Waals surface area contributed by atoms with Crippen LogP contribution in [-0.2, 0) is 4.79 Å². The van der Waals surface area contributed by atoms with E-state index in [1.165, 1.54) is 48.7 Å². The molecule has 1 N–H and O–H groups in total. The zero-order valence-electron chi connectivity index (χ0n) is 20.7. The first-order valence-electron chi connectivity index (χ1n) is 12.4. The molecular weight excluding hydrogens is 461 g/mol. The van der Waals surface area contributed by atoms with Gasteiger partial charge in [0.25, 0.3) is 0 Å². The number of hydrogen-bond acceptors (Lipinski definition) is 5. The SMILES string of the molecule is CC[C@@H](NC(=O)CSc1nnc([C@H](C)N2CCCCC2)n1-c1ccc(F)cc1)c1ccc(C)cc1. The first-order valence-corrected chi connectivity index (χ1v) is 13.4. The Kier molecular flexibility index (Phi) is 8.57. The molecule has 1 saturated heterocycles. The Bertz CT molecular complexity index is 1110. The minimum Gasteiger partial charge on any atom is -0.349 e. The molecule has 0 bridgehead atoms. The van der Waals surface area contributed by atoms with E-state index in [1.807, 2.05) is 4.57 Å². The Labute approximate surface area is 211 Å². The van der Waals surface area contributed by atoms with E-state index in [2.05, 4.69) is 65.5 Å². The third-order valence-electron chi connectivity index (χ3n) is 6.61. The maximum Gasteiger partial charge on any atom is 0.230 e. The number of amides is 1. The lowest BCUT2D eigenvalue weighted by molar-refractivity contribution is -0.119. The van der Waals surface area contributed by atoms with Gasteiger partial charge in [-0.25, -0.2) is 4.39 Å². The number of nitrogens with one attached hydrogen (secondary N) is 1. The second-order valence-corrected chi connectivity index (χ2v) is 10.1. The molecule has 1 fully saturated rings. The molecule has 0 saturated carbocycles. The summed E-state index contributed by atoms with van der Waals surface area (Å²) in [5, 5.41) is 12.8. The van der Waals surface area contributed by atoms with E-state index >= 15 is 0 Å². The molecule has 35 heavy (non-hydrogen) atoms. The molecule has 8 heteroatoms. The van der Waals surface area contributed by atoms with Crippen LogP contribution in [0.3, 0.4) is 0 Å². The fraction of sp³-hybridized carbons (Fsp3) is 0.444. The first kappa shape index (κ1) is 25.4. The molecule has 0 unspecified atom stereocenters. The highest BCUT2D eigenvalue weighted by Crippen LogP contribution is 2.29. The topological polar surface area (TPSA) is 63.1 Å². The van der Waals surface area contributed by atoms with Crippen molar-refractivity contribution in [3.05, 3.63) is 71.3 Å². The second-order valence-electron chi connectivity index (χ2n) is 9.15. The normalized spacial score (nSPS) is 16.1. The molecule has 4 rings (SSSR count). The number of benzene rings is 2. The summed E-state index contributed by atoms with van der Waals surface area (Å²) in [6, 6.07) is 14.7. The summed E-state index contributed by atoms with van der Waals surface area (Å²) in [5.74, 6) is 0.691. The number of carbonyl (C=O) groups excluding carboxylic acids is 1. The van der Waals surface area contributed by atoms with Crippen molar-refractivity contribution in [1.29, 1.82) is 0 Å². The highest BCUT2D eigenvalue weighted by molar-refractivity contribution is 7.99. The molecule has 0 spiro atoms. The number of carbonyl (C=O) groups is 1. The van der Waals surface area contributed by atoms with E-state index in [0.29, 0.717) is 5.16 Å². The van der Waals surface area contributed by atoms with Gasteiger partial charge in [0.15, 0.2) is 11.0 Å².